The number of alkyl carbamates (subject to hydrolysis) is 1. The zero-order chi connectivity index (χ0) is 16.8. The summed E-state index contributed by atoms with van der Waals surface area (Å²) in [6, 6.07) is 3.51. The number of amides is 1. The average molecular weight is 311 g/mol. The molecule has 22 heavy (non-hydrogen) atoms. The summed E-state index contributed by atoms with van der Waals surface area (Å²) in [5, 5.41) is 12.5. The lowest BCUT2D eigenvalue weighted by molar-refractivity contribution is 0.0527. The molecule has 1 aromatic carbocycles. The highest BCUT2D eigenvalue weighted by Crippen LogP contribution is 2.37. The Balaban J connectivity index is 2.50. The molecular weight excluding hydrogens is 286 g/mol. The maximum atomic E-state index is 11.5. The zero-order valence-corrected chi connectivity index (χ0v) is 13.9. The molecule has 0 heterocycles. The summed E-state index contributed by atoms with van der Waals surface area (Å²) in [6.07, 6.45) is 1.02. The average Bonchev–Trinajstić information content (AvgIpc) is 2.43. The van der Waals surface area contributed by atoms with Crippen LogP contribution >= 0.6 is 0 Å². The molecular formula is C16H25NO5. The van der Waals surface area contributed by atoms with Crippen molar-refractivity contribution in [2.24, 2.45) is 0 Å². The first-order valence-corrected chi connectivity index (χ1v) is 7.17. The third-order valence-electron chi connectivity index (χ3n) is 2.85. The van der Waals surface area contributed by atoms with Crippen molar-refractivity contribution < 1.29 is 24.1 Å². The van der Waals surface area contributed by atoms with Crippen molar-refractivity contribution >= 4 is 6.09 Å². The maximum Gasteiger partial charge on any atom is 0.407 e. The number of rotatable bonds is 6. The van der Waals surface area contributed by atoms with Crippen LogP contribution in [0.1, 0.15) is 32.8 Å². The van der Waals surface area contributed by atoms with Gasteiger partial charge in [0.05, 0.1) is 14.2 Å². The van der Waals surface area contributed by atoms with Gasteiger partial charge >= 0.3 is 6.09 Å². The van der Waals surface area contributed by atoms with E-state index in [-0.39, 0.29) is 5.75 Å². The van der Waals surface area contributed by atoms with E-state index in [2.05, 4.69) is 5.32 Å². The third kappa shape index (κ3) is 5.71. The van der Waals surface area contributed by atoms with Gasteiger partial charge in [-0.2, -0.15) is 0 Å². The van der Waals surface area contributed by atoms with Crippen LogP contribution in [0.4, 0.5) is 4.79 Å². The largest absolute Gasteiger partial charge is 0.502 e. The van der Waals surface area contributed by atoms with Gasteiger partial charge in [0.1, 0.15) is 5.60 Å². The van der Waals surface area contributed by atoms with Crippen molar-refractivity contribution in [3.8, 4) is 17.2 Å². The Morgan fingerprint density at radius 1 is 1.18 bits per heavy atom. The second-order valence-corrected chi connectivity index (χ2v) is 5.88. The van der Waals surface area contributed by atoms with E-state index < -0.39 is 11.7 Å². The van der Waals surface area contributed by atoms with Gasteiger partial charge in [0.25, 0.3) is 0 Å². The van der Waals surface area contributed by atoms with E-state index in [0.29, 0.717) is 24.5 Å². The number of hydrogen-bond acceptors (Lipinski definition) is 5. The maximum absolute atomic E-state index is 11.5. The number of carbonyl (C=O) groups is 1. The highest BCUT2D eigenvalue weighted by Gasteiger charge is 2.15. The summed E-state index contributed by atoms with van der Waals surface area (Å²) in [4.78, 5) is 11.5. The Bertz CT molecular complexity index is 483. The fourth-order valence-corrected chi connectivity index (χ4v) is 1.89. The van der Waals surface area contributed by atoms with Crippen molar-refractivity contribution in [2.75, 3.05) is 20.8 Å². The summed E-state index contributed by atoms with van der Waals surface area (Å²) < 4.78 is 15.4. The molecule has 1 aromatic rings. The number of aromatic hydroxyl groups is 1. The summed E-state index contributed by atoms with van der Waals surface area (Å²) in [5.74, 6) is 0.726. The smallest absolute Gasteiger partial charge is 0.407 e. The normalized spacial score (nSPS) is 11.0. The molecule has 0 bridgehead atoms. The summed E-state index contributed by atoms with van der Waals surface area (Å²) in [7, 11) is 2.98. The van der Waals surface area contributed by atoms with Crippen LogP contribution in [0, 0.1) is 0 Å². The number of aryl methyl sites for hydroxylation is 1. The summed E-state index contributed by atoms with van der Waals surface area (Å²) in [6.45, 7) is 5.96. The molecule has 0 unspecified atom stereocenters. The quantitative estimate of drug-likeness (QED) is 0.790. The fourth-order valence-electron chi connectivity index (χ4n) is 1.89. The second-order valence-electron chi connectivity index (χ2n) is 5.88. The number of hydrogen-bond donors (Lipinski definition) is 2. The van der Waals surface area contributed by atoms with Gasteiger partial charge < -0.3 is 24.6 Å². The van der Waals surface area contributed by atoms with E-state index in [1.807, 2.05) is 20.8 Å². The Labute approximate surface area is 131 Å². The van der Waals surface area contributed by atoms with E-state index in [9.17, 15) is 9.90 Å². The molecule has 0 aliphatic carbocycles. The zero-order valence-electron chi connectivity index (χ0n) is 13.9. The molecule has 0 spiro atoms. The van der Waals surface area contributed by atoms with Crippen molar-refractivity contribution in [1.82, 2.24) is 5.32 Å². The van der Waals surface area contributed by atoms with Crippen molar-refractivity contribution in [2.45, 2.75) is 39.2 Å². The number of benzene rings is 1. The van der Waals surface area contributed by atoms with Crippen LogP contribution in [-0.4, -0.2) is 37.6 Å². The number of nitrogens with one attached hydrogen (secondary N) is 1. The number of carbonyl (C=O) groups excluding carboxylic acids is 1. The van der Waals surface area contributed by atoms with Crippen LogP contribution in [0.15, 0.2) is 12.1 Å². The van der Waals surface area contributed by atoms with Gasteiger partial charge in [-0.25, -0.2) is 4.79 Å². The van der Waals surface area contributed by atoms with Crippen LogP contribution in [0.3, 0.4) is 0 Å². The van der Waals surface area contributed by atoms with Gasteiger partial charge in [0, 0.05) is 6.54 Å². The third-order valence-corrected chi connectivity index (χ3v) is 2.85. The molecule has 1 rings (SSSR count). The van der Waals surface area contributed by atoms with E-state index in [1.54, 1.807) is 12.1 Å². The molecule has 124 valence electrons. The molecule has 0 saturated heterocycles. The minimum Gasteiger partial charge on any atom is -0.502 e. The standard InChI is InChI=1S/C16H25NO5/c1-16(2,3)22-15(19)17-8-6-7-11-9-12(20-4)14(18)13(10-11)21-5/h9-10,18H,6-8H2,1-5H3,(H,17,19). The van der Waals surface area contributed by atoms with E-state index in [1.165, 1.54) is 14.2 Å². The highest BCUT2D eigenvalue weighted by molar-refractivity contribution is 5.67. The van der Waals surface area contributed by atoms with Crippen LogP contribution in [0.5, 0.6) is 17.2 Å². The van der Waals surface area contributed by atoms with Crippen molar-refractivity contribution in [1.29, 1.82) is 0 Å². The molecule has 0 saturated carbocycles. The molecule has 6 nitrogen and oxygen atoms in total. The Hall–Kier alpha value is -2.11. The van der Waals surface area contributed by atoms with Gasteiger partial charge in [0.15, 0.2) is 11.5 Å². The minimum atomic E-state index is -0.498. The first-order valence-electron chi connectivity index (χ1n) is 7.17. The SMILES string of the molecule is COc1cc(CCCNC(=O)OC(C)(C)C)cc(OC)c1O. The van der Waals surface area contributed by atoms with E-state index in [0.717, 1.165) is 12.0 Å². The Morgan fingerprint density at radius 3 is 2.18 bits per heavy atom. The van der Waals surface area contributed by atoms with Gasteiger partial charge in [-0.3, -0.25) is 0 Å². The van der Waals surface area contributed by atoms with Gasteiger partial charge in [-0.15, -0.1) is 0 Å². The lowest BCUT2D eigenvalue weighted by Crippen LogP contribution is -2.33. The lowest BCUT2D eigenvalue weighted by atomic mass is 10.1. The molecule has 2 N–H and O–H groups in total. The number of methoxy groups -OCH3 is 2. The molecule has 0 aliphatic heterocycles. The molecule has 1 amide bonds. The van der Waals surface area contributed by atoms with Gasteiger partial charge in [-0.1, -0.05) is 0 Å². The van der Waals surface area contributed by atoms with Crippen molar-refractivity contribution in [3.05, 3.63) is 17.7 Å². The topological polar surface area (TPSA) is 77.0 Å². The van der Waals surface area contributed by atoms with Crippen LogP contribution in [0.25, 0.3) is 0 Å². The molecule has 0 fully saturated rings. The second kappa shape index (κ2) is 7.77. The molecule has 0 radical (unpaired) electrons. The first kappa shape index (κ1) is 17.9. The molecule has 0 aromatic heterocycles. The van der Waals surface area contributed by atoms with Crippen LogP contribution in [-0.2, 0) is 11.2 Å². The van der Waals surface area contributed by atoms with E-state index >= 15 is 0 Å². The van der Waals surface area contributed by atoms with Crippen LogP contribution < -0.4 is 14.8 Å². The highest BCUT2D eigenvalue weighted by atomic mass is 16.6. The molecule has 0 aliphatic rings. The molecule has 6 heteroatoms. The fraction of sp³-hybridized carbons (Fsp3) is 0.562. The number of ether oxygens (including phenoxy) is 3. The summed E-state index contributed by atoms with van der Waals surface area (Å²) in [5.41, 5.74) is 0.458. The first-order chi connectivity index (χ1) is 10.3. The number of phenolic OH excluding ortho intramolecular Hbond substituents is 1. The summed E-state index contributed by atoms with van der Waals surface area (Å²) >= 11 is 0. The van der Waals surface area contributed by atoms with Gasteiger partial charge in [0.2, 0.25) is 5.75 Å². The van der Waals surface area contributed by atoms with Crippen LogP contribution in [0.2, 0.25) is 0 Å². The lowest BCUT2D eigenvalue weighted by Gasteiger charge is -2.19. The van der Waals surface area contributed by atoms with Crippen molar-refractivity contribution in [3.63, 3.8) is 0 Å². The monoisotopic (exact) mass is 311 g/mol. The minimum absolute atomic E-state index is 0.0133. The molecule has 0 atom stereocenters. The Kier molecular flexibility index (Phi) is 6.34. The Morgan fingerprint density at radius 2 is 1.73 bits per heavy atom. The number of phenols is 1. The van der Waals surface area contributed by atoms with Gasteiger partial charge in [-0.05, 0) is 51.3 Å². The van der Waals surface area contributed by atoms with E-state index in [4.69, 9.17) is 14.2 Å². The predicted octanol–water partition coefficient (Wildman–Crippen LogP) is 2.87. The predicted molar refractivity (Wildman–Crippen MR) is 83.8 cm³/mol.